The van der Waals surface area contributed by atoms with E-state index in [-0.39, 0.29) is 6.42 Å². The van der Waals surface area contributed by atoms with Crippen LogP contribution in [0.3, 0.4) is 0 Å². The highest BCUT2D eigenvalue weighted by Crippen LogP contribution is 2.22. The second-order valence-electron chi connectivity index (χ2n) is 4.42. The first-order valence-electron chi connectivity index (χ1n) is 6.46. The van der Waals surface area contributed by atoms with Crippen LogP contribution in [0, 0.1) is 0 Å². The summed E-state index contributed by atoms with van der Waals surface area (Å²) in [6.07, 6.45) is 0.0843. The maximum Gasteiger partial charge on any atom is 0.296 e. The van der Waals surface area contributed by atoms with E-state index in [1.54, 1.807) is 19.1 Å². The zero-order valence-corrected chi connectivity index (χ0v) is 12.3. The fourth-order valence-corrected chi connectivity index (χ4v) is 2.33. The van der Waals surface area contributed by atoms with Crippen molar-refractivity contribution in [1.82, 2.24) is 0 Å². The third-order valence-electron chi connectivity index (χ3n) is 2.88. The first-order chi connectivity index (χ1) is 10.0. The van der Waals surface area contributed by atoms with Crippen molar-refractivity contribution in [3.05, 3.63) is 54.6 Å². The molecule has 0 saturated carbocycles. The lowest BCUT2D eigenvalue weighted by atomic mass is 10.1. The van der Waals surface area contributed by atoms with Crippen LogP contribution in [-0.4, -0.2) is 18.4 Å². The normalized spacial score (nSPS) is 12.9. The molecule has 1 N–H and O–H groups in total. The summed E-state index contributed by atoms with van der Waals surface area (Å²) in [5.41, 5.74) is 0.672. The predicted molar refractivity (Wildman–Crippen MR) is 79.2 cm³/mol. The van der Waals surface area contributed by atoms with Crippen LogP contribution in [0.4, 0.5) is 0 Å². The molecule has 1 unspecified atom stereocenters. The zero-order valence-electron chi connectivity index (χ0n) is 11.5. The number of hydrogen-bond acceptors (Lipinski definition) is 4. The maximum absolute atomic E-state index is 11.0. The second-order valence-corrected chi connectivity index (χ2v) is 5.98. The van der Waals surface area contributed by atoms with Gasteiger partial charge in [-0.05, 0) is 29.7 Å². The molecule has 0 aliphatic carbocycles. The Morgan fingerprint density at radius 3 is 2.10 bits per heavy atom. The molecule has 5 nitrogen and oxygen atoms in total. The van der Waals surface area contributed by atoms with E-state index < -0.39 is 15.6 Å². The van der Waals surface area contributed by atoms with Crippen LogP contribution in [0.2, 0.25) is 0 Å². The quantitative estimate of drug-likeness (QED) is 0.503. The molecule has 2 rings (SSSR count). The average Bonchev–Trinajstić information content (AvgIpc) is 2.48. The number of rotatable bonds is 6. The molecule has 0 aromatic heterocycles. The molecule has 0 aliphatic rings. The Morgan fingerprint density at radius 2 is 1.57 bits per heavy atom. The van der Waals surface area contributed by atoms with Gasteiger partial charge < -0.3 is 4.89 Å². The summed E-state index contributed by atoms with van der Waals surface area (Å²) < 4.78 is 30.9. The van der Waals surface area contributed by atoms with Gasteiger partial charge in [0, 0.05) is 0 Å². The van der Waals surface area contributed by atoms with E-state index in [1.165, 1.54) is 0 Å². The smallest absolute Gasteiger partial charge is 0.296 e. The van der Waals surface area contributed by atoms with Gasteiger partial charge in [0.05, 0.1) is 0 Å². The zero-order chi connectivity index (χ0) is 15.3. The summed E-state index contributed by atoms with van der Waals surface area (Å²) in [4.78, 5) is 9.69. The van der Waals surface area contributed by atoms with E-state index in [0.29, 0.717) is 5.75 Å². The third-order valence-corrected chi connectivity index (χ3v) is 3.95. The summed E-state index contributed by atoms with van der Waals surface area (Å²) in [5, 5.41) is 0. The predicted octanol–water partition coefficient (Wildman–Crippen LogP) is 3.29. The summed E-state index contributed by atoms with van der Waals surface area (Å²) in [6.45, 7) is 1.57. The van der Waals surface area contributed by atoms with Gasteiger partial charge in [-0.3, -0.25) is 4.55 Å². The minimum atomic E-state index is -4.28. The molecule has 2 aromatic carbocycles. The Kier molecular flexibility index (Phi) is 4.95. The molecule has 1 atom stereocenters. The van der Waals surface area contributed by atoms with Gasteiger partial charge in [0.15, 0.2) is 5.75 Å². The summed E-state index contributed by atoms with van der Waals surface area (Å²) in [7, 11) is -4.28. The van der Waals surface area contributed by atoms with Crippen LogP contribution in [0.5, 0.6) is 5.75 Å². The van der Waals surface area contributed by atoms with Crippen LogP contribution < -0.4 is 4.89 Å². The summed E-state index contributed by atoms with van der Waals surface area (Å²) >= 11 is 0. The van der Waals surface area contributed by atoms with E-state index in [9.17, 15) is 8.42 Å². The van der Waals surface area contributed by atoms with E-state index in [4.69, 9.17) is 14.3 Å². The highest BCUT2D eigenvalue weighted by molar-refractivity contribution is 7.86. The van der Waals surface area contributed by atoms with Gasteiger partial charge in [0.2, 0.25) is 5.44 Å². The molecule has 0 aliphatic heterocycles. The van der Waals surface area contributed by atoms with Crippen LogP contribution in [0.25, 0.3) is 11.1 Å². The van der Waals surface area contributed by atoms with Crippen LogP contribution in [-0.2, 0) is 15.0 Å². The van der Waals surface area contributed by atoms with Gasteiger partial charge in [0.1, 0.15) is 0 Å². The van der Waals surface area contributed by atoms with Crippen molar-refractivity contribution in [1.29, 1.82) is 0 Å². The van der Waals surface area contributed by atoms with Crippen molar-refractivity contribution >= 4 is 10.1 Å². The van der Waals surface area contributed by atoms with Crippen LogP contribution >= 0.6 is 0 Å². The molecular weight excluding hydrogens is 292 g/mol. The molecular formula is C15H16O5S. The lowest BCUT2D eigenvalue weighted by molar-refractivity contribution is -0.222. The molecule has 2 aromatic rings. The third kappa shape index (κ3) is 4.29. The van der Waals surface area contributed by atoms with Gasteiger partial charge in [0.25, 0.3) is 10.1 Å². The highest BCUT2D eigenvalue weighted by Gasteiger charge is 2.23. The van der Waals surface area contributed by atoms with Crippen molar-refractivity contribution in [2.24, 2.45) is 0 Å². The van der Waals surface area contributed by atoms with E-state index in [1.807, 2.05) is 42.5 Å². The Labute approximate surface area is 123 Å². The SMILES string of the molecule is CCC(OOc1ccc(-c2ccccc2)cc1)S(=O)(=O)O. The topological polar surface area (TPSA) is 72.8 Å². The molecule has 0 heterocycles. The minimum absolute atomic E-state index is 0.0843. The van der Waals surface area contributed by atoms with Crippen molar-refractivity contribution in [2.75, 3.05) is 0 Å². The first-order valence-corrected chi connectivity index (χ1v) is 7.96. The Bertz CT molecular complexity index is 665. The van der Waals surface area contributed by atoms with Crippen LogP contribution in [0.1, 0.15) is 13.3 Å². The van der Waals surface area contributed by atoms with E-state index in [0.717, 1.165) is 11.1 Å². The summed E-state index contributed by atoms with van der Waals surface area (Å²) in [6, 6.07) is 16.8. The molecule has 0 amide bonds. The fourth-order valence-electron chi connectivity index (χ4n) is 1.77. The lowest BCUT2D eigenvalue weighted by Gasteiger charge is -2.12. The molecule has 21 heavy (non-hydrogen) atoms. The molecule has 0 bridgehead atoms. The largest absolute Gasteiger partial charge is 0.336 e. The lowest BCUT2D eigenvalue weighted by Crippen LogP contribution is -2.24. The first kappa shape index (κ1) is 15.5. The standard InChI is InChI=1S/C15H16O5S/c1-2-15(21(16,17)18)20-19-14-10-8-13(9-11-14)12-6-4-3-5-7-12/h3-11,15H,2H2,1H3,(H,16,17,18). The maximum atomic E-state index is 11.0. The molecule has 0 spiro atoms. The van der Waals surface area contributed by atoms with Gasteiger partial charge in [-0.15, -0.1) is 0 Å². The Hall–Kier alpha value is -1.89. The number of hydrogen-bond donors (Lipinski definition) is 1. The molecule has 6 heteroatoms. The van der Waals surface area contributed by atoms with Gasteiger partial charge >= 0.3 is 0 Å². The minimum Gasteiger partial charge on any atom is -0.336 e. The van der Waals surface area contributed by atoms with Crippen molar-refractivity contribution in [2.45, 2.75) is 18.8 Å². The highest BCUT2D eigenvalue weighted by atomic mass is 32.2. The van der Waals surface area contributed by atoms with E-state index >= 15 is 0 Å². The van der Waals surface area contributed by atoms with Gasteiger partial charge in [-0.2, -0.15) is 13.3 Å². The fraction of sp³-hybridized carbons (Fsp3) is 0.200. The van der Waals surface area contributed by atoms with Gasteiger partial charge in [-0.1, -0.05) is 49.4 Å². The van der Waals surface area contributed by atoms with Crippen molar-refractivity contribution < 1.29 is 22.7 Å². The van der Waals surface area contributed by atoms with Crippen molar-refractivity contribution in [3.63, 3.8) is 0 Å². The molecule has 112 valence electrons. The molecule has 0 radical (unpaired) electrons. The monoisotopic (exact) mass is 308 g/mol. The second kappa shape index (κ2) is 6.71. The van der Waals surface area contributed by atoms with E-state index in [2.05, 4.69) is 0 Å². The number of benzene rings is 2. The Morgan fingerprint density at radius 1 is 1.00 bits per heavy atom. The van der Waals surface area contributed by atoms with Gasteiger partial charge in [-0.25, -0.2) is 0 Å². The molecule has 0 fully saturated rings. The van der Waals surface area contributed by atoms with Crippen molar-refractivity contribution in [3.8, 4) is 16.9 Å². The van der Waals surface area contributed by atoms with Crippen LogP contribution in [0.15, 0.2) is 54.6 Å². The Balaban J connectivity index is 2.03. The average molecular weight is 308 g/mol. The molecule has 0 saturated heterocycles. The summed E-state index contributed by atoms with van der Waals surface area (Å²) in [5.74, 6) is 0.358.